The SMILES string of the molecule is CN=C(NCc1ccc(Cn2ccnc2)cc1)NCc1ccccc1C.I. The van der Waals surface area contributed by atoms with Gasteiger partial charge in [-0.05, 0) is 29.2 Å². The van der Waals surface area contributed by atoms with E-state index < -0.39 is 0 Å². The standard InChI is InChI=1S/C21H25N5.HI/c1-17-5-3-4-6-20(17)14-25-21(22-2)24-13-18-7-9-19(10-8-18)15-26-12-11-23-16-26;/h3-12,16H,13-15H2,1-2H3,(H2,22,24,25);1H. The lowest BCUT2D eigenvalue weighted by molar-refractivity contribution is 0.791. The highest BCUT2D eigenvalue weighted by molar-refractivity contribution is 14.0. The van der Waals surface area contributed by atoms with Gasteiger partial charge in [0, 0.05) is 39.1 Å². The lowest BCUT2D eigenvalue weighted by atomic mass is 10.1. The second-order valence-corrected chi connectivity index (χ2v) is 6.26. The molecule has 5 nitrogen and oxygen atoms in total. The van der Waals surface area contributed by atoms with E-state index in [2.05, 4.69) is 80.6 Å². The molecule has 1 aromatic heterocycles. The Balaban J connectivity index is 0.00000261. The Labute approximate surface area is 178 Å². The fraction of sp³-hybridized carbons (Fsp3) is 0.238. The van der Waals surface area contributed by atoms with Gasteiger partial charge in [-0.2, -0.15) is 0 Å². The van der Waals surface area contributed by atoms with Crippen LogP contribution >= 0.6 is 24.0 Å². The summed E-state index contributed by atoms with van der Waals surface area (Å²) in [5, 5.41) is 6.73. The van der Waals surface area contributed by atoms with E-state index in [1.165, 1.54) is 22.3 Å². The minimum Gasteiger partial charge on any atom is -0.352 e. The Kier molecular flexibility index (Phi) is 8.32. The molecule has 6 heteroatoms. The molecule has 2 aromatic carbocycles. The van der Waals surface area contributed by atoms with Crippen LogP contribution in [0.3, 0.4) is 0 Å². The number of rotatable bonds is 6. The van der Waals surface area contributed by atoms with Gasteiger partial charge in [0.1, 0.15) is 0 Å². The molecule has 0 spiro atoms. The van der Waals surface area contributed by atoms with Gasteiger partial charge in [0.25, 0.3) is 0 Å². The molecule has 0 bridgehead atoms. The summed E-state index contributed by atoms with van der Waals surface area (Å²) in [6.07, 6.45) is 5.60. The van der Waals surface area contributed by atoms with Gasteiger partial charge in [-0.25, -0.2) is 4.98 Å². The Bertz CT molecular complexity index is 841. The number of imidazole rings is 1. The molecule has 0 radical (unpaired) electrons. The molecule has 0 saturated heterocycles. The van der Waals surface area contributed by atoms with Crippen LogP contribution in [0, 0.1) is 6.92 Å². The van der Waals surface area contributed by atoms with E-state index in [0.29, 0.717) is 0 Å². The van der Waals surface area contributed by atoms with E-state index >= 15 is 0 Å². The van der Waals surface area contributed by atoms with Gasteiger partial charge in [-0.1, -0.05) is 48.5 Å². The highest BCUT2D eigenvalue weighted by atomic mass is 127. The molecule has 0 aliphatic rings. The van der Waals surface area contributed by atoms with Crippen LogP contribution in [0.1, 0.15) is 22.3 Å². The van der Waals surface area contributed by atoms with Crippen LogP contribution in [0.25, 0.3) is 0 Å². The quantitative estimate of drug-likeness (QED) is 0.325. The summed E-state index contributed by atoms with van der Waals surface area (Å²) in [6, 6.07) is 17.0. The van der Waals surface area contributed by atoms with Crippen LogP contribution < -0.4 is 10.6 Å². The summed E-state index contributed by atoms with van der Waals surface area (Å²) in [5.74, 6) is 0.802. The zero-order chi connectivity index (χ0) is 18.2. The Morgan fingerprint density at radius 3 is 2.37 bits per heavy atom. The van der Waals surface area contributed by atoms with E-state index in [-0.39, 0.29) is 24.0 Å². The Hall–Kier alpha value is -2.35. The van der Waals surface area contributed by atoms with Crippen molar-refractivity contribution in [1.29, 1.82) is 0 Å². The normalized spacial score (nSPS) is 11.0. The van der Waals surface area contributed by atoms with E-state index in [9.17, 15) is 0 Å². The number of aliphatic imine (C=N–C) groups is 1. The minimum atomic E-state index is 0. The smallest absolute Gasteiger partial charge is 0.191 e. The van der Waals surface area contributed by atoms with Gasteiger partial charge in [0.15, 0.2) is 5.96 Å². The van der Waals surface area contributed by atoms with Gasteiger partial charge in [0.2, 0.25) is 0 Å². The second kappa shape index (κ2) is 10.7. The average Bonchev–Trinajstić information content (AvgIpc) is 3.17. The third-order valence-electron chi connectivity index (χ3n) is 4.34. The second-order valence-electron chi connectivity index (χ2n) is 6.26. The van der Waals surface area contributed by atoms with Crippen molar-refractivity contribution in [2.75, 3.05) is 7.05 Å². The van der Waals surface area contributed by atoms with Gasteiger partial charge < -0.3 is 15.2 Å². The zero-order valence-electron chi connectivity index (χ0n) is 15.7. The fourth-order valence-corrected chi connectivity index (χ4v) is 2.75. The van der Waals surface area contributed by atoms with Gasteiger partial charge in [-0.3, -0.25) is 4.99 Å². The van der Waals surface area contributed by atoms with Crippen molar-refractivity contribution >= 4 is 29.9 Å². The van der Waals surface area contributed by atoms with Gasteiger partial charge >= 0.3 is 0 Å². The number of benzene rings is 2. The molecule has 0 amide bonds. The number of aromatic nitrogens is 2. The number of guanidine groups is 1. The maximum absolute atomic E-state index is 4.30. The summed E-state index contributed by atoms with van der Waals surface area (Å²) in [4.78, 5) is 8.37. The van der Waals surface area contributed by atoms with Crippen LogP contribution in [-0.2, 0) is 19.6 Å². The number of nitrogens with zero attached hydrogens (tertiary/aromatic N) is 3. The summed E-state index contributed by atoms with van der Waals surface area (Å²) in [5.41, 5.74) is 5.04. The number of hydrogen-bond acceptors (Lipinski definition) is 2. The predicted octanol–water partition coefficient (Wildman–Crippen LogP) is 3.72. The van der Waals surface area contributed by atoms with Crippen molar-refractivity contribution in [1.82, 2.24) is 20.2 Å². The van der Waals surface area contributed by atoms with Crippen LogP contribution in [0.5, 0.6) is 0 Å². The predicted molar refractivity (Wildman–Crippen MR) is 121 cm³/mol. The van der Waals surface area contributed by atoms with E-state index in [0.717, 1.165) is 25.6 Å². The monoisotopic (exact) mass is 475 g/mol. The number of nitrogens with one attached hydrogen (secondary N) is 2. The first-order valence-corrected chi connectivity index (χ1v) is 8.77. The third-order valence-corrected chi connectivity index (χ3v) is 4.34. The highest BCUT2D eigenvalue weighted by Gasteiger charge is 2.01. The van der Waals surface area contributed by atoms with Gasteiger partial charge in [-0.15, -0.1) is 24.0 Å². The molecule has 3 rings (SSSR count). The van der Waals surface area contributed by atoms with Crippen LogP contribution in [0.4, 0.5) is 0 Å². The molecule has 0 unspecified atom stereocenters. The minimum absolute atomic E-state index is 0. The molecule has 0 aliphatic carbocycles. The third kappa shape index (κ3) is 6.39. The van der Waals surface area contributed by atoms with Crippen molar-refractivity contribution < 1.29 is 0 Å². The summed E-state index contributed by atoms with van der Waals surface area (Å²) < 4.78 is 2.06. The highest BCUT2D eigenvalue weighted by Crippen LogP contribution is 2.07. The summed E-state index contributed by atoms with van der Waals surface area (Å²) in [6.45, 7) is 4.46. The van der Waals surface area contributed by atoms with E-state index in [1.807, 2.05) is 12.5 Å². The first-order chi connectivity index (χ1) is 12.7. The topological polar surface area (TPSA) is 54.2 Å². The number of aryl methyl sites for hydroxylation is 1. The average molecular weight is 475 g/mol. The van der Waals surface area contributed by atoms with Crippen molar-refractivity contribution in [3.05, 3.63) is 89.5 Å². The largest absolute Gasteiger partial charge is 0.352 e. The van der Waals surface area contributed by atoms with Crippen molar-refractivity contribution in [2.24, 2.45) is 4.99 Å². The first kappa shape index (κ1) is 21.0. The number of halogens is 1. The molecule has 27 heavy (non-hydrogen) atoms. The van der Waals surface area contributed by atoms with E-state index in [4.69, 9.17) is 0 Å². The van der Waals surface area contributed by atoms with Crippen LogP contribution in [0.15, 0.2) is 72.2 Å². The Morgan fingerprint density at radius 2 is 1.70 bits per heavy atom. The molecular weight excluding hydrogens is 449 g/mol. The van der Waals surface area contributed by atoms with Crippen molar-refractivity contribution in [2.45, 2.75) is 26.6 Å². The summed E-state index contributed by atoms with van der Waals surface area (Å²) >= 11 is 0. The molecular formula is C21H26IN5. The maximum atomic E-state index is 4.30. The number of hydrogen-bond donors (Lipinski definition) is 2. The molecule has 1 heterocycles. The van der Waals surface area contributed by atoms with Crippen LogP contribution in [-0.4, -0.2) is 22.6 Å². The molecule has 0 aliphatic heterocycles. The Morgan fingerprint density at radius 1 is 1.00 bits per heavy atom. The fourth-order valence-electron chi connectivity index (χ4n) is 2.75. The molecule has 2 N–H and O–H groups in total. The van der Waals surface area contributed by atoms with Gasteiger partial charge in [0.05, 0.1) is 6.33 Å². The maximum Gasteiger partial charge on any atom is 0.191 e. The van der Waals surface area contributed by atoms with Crippen molar-refractivity contribution in [3.63, 3.8) is 0 Å². The van der Waals surface area contributed by atoms with E-state index in [1.54, 1.807) is 13.2 Å². The van der Waals surface area contributed by atoms with Crippen LogP contribution in [0.2, 0.25) is 0 Å². The van der Waals surface area contributed by atoms with Crippen molar-refractivity contribution in [3.8, 4) is 0 Å². The molecule has 0 fully saturated rings. The lowest BCUT2D eigenvalue weighted by Crippen LogP contribution is -2.36. The lowest BCUT2D eigenvalue weighted by Gasteiger charge is -2.13. The molecule has 0 saturated carbocycles. The first-order valence-electron chi connectivity index (χ1n) is 8.77. The molecule has 3 aromatic rings. The molecule has 0 atom stereocenters. The molecule has 142 valence electrons. The summed E-state index contributed by atoms with van der Waals surface area (Å²) in [7, 11) is 1.79. The zero-order valence-corrected chi connectivity index (χ0v) is 18.1.